The number of hydrogen-bond donors (Lipinski definition) is 1. The molecule has 0 radical (unpaired) electrons. The summed E-state index contributed by atoms with van der Waals surface area (Å²) in [5.41, 5.74) is 10.8. The molecule has 3 rings (SSSR count). The van der Waals surface area contributed by atoms with Crippen molar-refractivity contribution in [1.82, 2.24) is 0 Å². The van der Waals surface area contributed by atoms with E-state index in [1.54, 1.807) is 6.07 Å². The number of nitrogens with two attached hydrogens (primary N) is 1. The van der Waals surface area contributed by atoms with Gasteiger partial charge in [0.15, 0.2) is 0 Å². The Bertz CT molecular complexity index is 529. The van der Waals surface area contributed by atoms with Crippen LogP contribution in [-0.2, 0) is 0 Å². The number of hydrogen-bond acceptors (Lipinski definition) is 1. The third-order valence-electron chi connectivity index (χ3n) is 2.93. The number of benzene rings is 2. The van der Waals surface area contributed by atoms with Crippen LogP contribution < -0.4 is 5.73 Å². The normalized spacial score (nSPS) is 17.0. The Balaban J connectivity index is 2.30. The van der Waals surface area contributed by atoms with Gasteiger partial charge in [0.25, 0.3) is 0 Å². The van der Waals surface area contributed by atoms with Gasteiger partial charge in [-0.15, -0.1) is 0 Å². The molecule has 3 heteroatoms. The van der Waals surface area contributed by atoms with E-state index < -0.39 is 0 Å². The van der Waals surface area contributed by atoms with E-state index in [0.29, 0.717) is 0 Å². The molecule has 1 atom stereocenters. The Morgan fingerprint density at radius 2 is 1.62 bits per heavy atom. The lowest BCUT2D eigenvalue weighted by Gasteiger charge is -2.04. The zero-order valence-corrected chi connectivity index (χ0v) is 9.96. The Labute approximate surface area is 101 Å². The molecule has 0 saturated heterocycles. The van der Waals surface area contributed by atoms with Crippen molar-refractivity contribution in [2.75, 3.05) is 5.73 Å². The van der Waals surface area contributed by atoms with Crippen LogP contribution in [0.2, 0.25) is 0 Å². The smallest absolute Gasteiger partial charge is 0.123 e. The molecule has 0 unspecified atom stereocenters. The number of alkyl halides is 1. The number of nitrogen functional groups attached to an aromatic ring is 1. The molecule has 0 saturated carbocycles. The molecule has 1 aliphatic rings. The number of rotatable bonds is 0. The Morgan fingerprint density at radius 3 is 2.38 bits per heavy atom. The second-order valence-corrected chi connectivity index (χ2v) is 4.86. The van der Waals surface area contributed by atoms with E-state index in [9.17, 15) is 4.39 Å². The van der Waals surface area contributed by atoms with Crippen molar-refractivity contribution in [2.24, 2.45) is 0 Å². The molecule has 2 aromatic rings. The van der Waals surface area contributed by atoms with Gasteiger partial charge in [0.2, 0.25) is 0 Å². The molecule has 80 valence electrons. The molecule has 0 spiro atoms. The van der Waals surface area contributed by atoms with E-state index in [4.69, 9.17) is 5.73 Å². The van der Waals surface area contributed by atoms with Crippen molar-refractivity contribution in [3.8, 4) is 11.1 Å². The maximum Gasteiger partial charge on any atom is 0.123 e. The summed E-state index contributed by atoms with van der Waals surface area (Å²) < 4.78 is 13.2. The first kappa shape index (κ1) is 9.85. The van der Waals surface area contributed by atoms with Crippen molar-refractivity contribution < 1.29 is 4.39 Å². The van der Waals surface area contributed by atoms with Crippen LogP contribution in [0.4, 0.5) is 10.1 Å². The SMILES string of the molecule is Nc1ccc2c(c1)[C@H](Br)c1cc(F)ccc1-2. The van der Waals surface area contributed by atoms with Gasteiger partial charge in [-0.05, 0) is 46.5 Å². The molecule has 1 nitrogen and oxygen atoms in total. The average Bonchev–Trinajstić information content (AvgIpc) is 2.53. The van der Waals surface area contributed by atoms with Crippen LogP contribution in [-0.4, -0.2) is 0 Å². The molecule has 0 aromatic heterocycles. The van der Waals surface area contributed by atoms with Crippen molar-refractivity contribution in [1.29, 1.82) is 0 Å². The molecule has 0 bridgehead atoms. The van der Waals surface area contributed by atoms with Crippen LogP contribution in [0, 0.1) is 5.82 Å². The minimum Gasteiger partial charge on any atom is -0.399 e. The summed E-state index contributed by atoms with van der Waals surface area (Å²) in [5.74, 6) is -0.205. The predicted octanol–water partition coefficient (Wildman–Crippen LogP) is 3.87. The van der Waals surface area contributed by atoms with E-state index in [-0.39, 0.29) is 10.6 Å². The molecular weight excluding hydrogens is 269 g/mol. The topological polar surface area (TPSA) is 26.0 Å². The highest BCUT2D eigenvalue weighted by Crippen LogP contribution is 2.48. The van der Waals surface area contributed by atoms with Crippen molar-refractivity contribution >= 4 is 21.6 Å². The molecule has 2 N–H and O–H groups in total. The van der Waals surface area contributed by atoms with E-state index in [1.165, 1.54) is 6.07 Å². The Morgan fingerprint density at radius 1 is 1.00 bits per heavy atom. The van der Waals surface area contributed by atoms with Crippen LogP contribution in [0.25, 0.3) is 11.1 Å². The Kier molecular flexibility index (Phi) is 2.04. The van der Waals surface area contributed by atoms with Crippen LogP contribution >= 0.6 is 15.9 Å². The molecule has 0 aliphatic heterocycles. The van der Waals surface area contributed by atoms with Crippen LogP contribution in [0.3, 0.4) is 0 Å². The van der Waals surface area contributed by atoms with Gasteiger partial charge in [0.05, 0.1) is 4.83 Å². The summed E-state index contributed by atoms with van der Waals surface area (Å²) in [6, 6.07) is 10.7. The highest BCUT2D eigenvalue weighted by Gasteiger charge is 2.26. The van der Waals surface area contributed by atoms with E-state index in [0.717, 1.165) is 27.9 Å². The van der Waals surface area contributed by atoms with Crippen LogP contribution in [0.15, 0.2) is 36.4 Å². The fourth-order valence-corrected chi connectivity index (χ4v) is 2.95. The third kappa shape index (κ3) is 1.28. The number of halogens is 2. The van der Waals surface area contributed by atoms with E-state index in [2.05, 4.69) is 15.9 Å². The summed E-state index contributed by atoms with van der Waals surface area (Å²) >= 11 is 3.58. The highest BCUT2D eigenvalue weighted by atomic mass is 79.9. The van der Waals surface area contributed by atoms with Gasteiger partial charge < -0.3 is 5.73 Å². The summed E-state index contributed by atoms with van der Waals surface area (Å²) in [6.45, 7) is 0. The van der Waals surface area contributed by atoms with Gasteiger partial charge in [0, 0.05) is 5.69 Å². The maximum absolute atomic E-state index is 13.2. The highest BCUT2D eigenvalue weighted by molar-refractivity contribution is 9.09. The molecule has 0 amide bonds. The molecule has 1 aliphatic carbocycles. The second kappa shape index (κ2) is 3.32. The maximum atomic E-state index is 13.2. The van der Waals surface area contributed by atoms with E-state index in [1.807, 2.05) is 24.3 Å². The quantitative estimate of drug-likeness (QED) is 0.574. The first-order chi connectivity index (χ1) is 7.66. The number of fused-ring (bicyclic) bond motifs is 3. The lowest BCUT2D eigenvalue weighted by molar-refractivity contribution is 0.626. The predicted molar refractivity (Wildman–Crippen MR) is 67.0 cm³/mol. The Hall–Kier alpha value is -1.35. The van der Waals surface area contributed by atoms with Crippen molar-refractivity contribution in [2.45, 2.75) is 4.83 Å². The number of anilines is 1. The summed E-state index contributed by atoms with van der Waals surface area (Å²) in [5, 5.41) is 0. The third-order valence-corrected chi connectivity index (χ3v) is 3.91. The fraction of sp³-hybridized carbons (Fsp3) is 0.0769. The first-order valence-electron chi connectivity index (χ1n) is 5.00. The fourth-order valence-electron chi connectivity index (χ4n) is 2.19. The lowest BCUT2D eigenvalue weighted by Crippen LogP contribution is -1.89. The van der Waals surface area contributed by atoms with Crippen LogP contribution in [0.5, 0.6) is 0 Å². The van der Waals surface area contributed by atoms with Gasteiger partial charge in [-0.25, -0.2) is 4.39 Å². The zero-order valence-electron chi connectivity index (χ0n) is 8.37. The summed E-state index contributed by atoms with van der Waals surface area (Å²) in [7, 11) is 0. The summed E-state index contributed by atoms with van der Waals surface area (Å²) in [4.78, 5) is 0.0386. The molecule has 16 heavy (non-hydrogen) atoms. The minimum absolute atomic E-state index is 0.0386. The zero-order chi connectivity index (χ0) is 11.3. The van der Waals surface area contributed by atoms with Gasteiger partial charge in [-0.3, -0.25) is 0 Å². The summed E-state index contributed by atoms with van der Waals surface area (Å²) in [6.07, 6.45) is 0. The van der Waals surface area contributed by atoms with Gasteiger partial charge >= 0.3 is 0 Å². The largest absolute Gasteiger partial charge is 0.399 e. The van der Waals surface area contributed by atoms with Gasteiger partial charge in [0.1, 0.15) is 5.82 Å². The standard InChI is InChI=1S/C13H9BrFN/c14-13-11-5-7(15)1-3-9(11)10-4-2-8(16)6-12(10)13/h1-6,13H,16H2/t13-/m1/s1. The van der Waals surface area contributed by atoms with E-state index >= 15 is 0 Å². The van der Waals surface area contributed by atoms with Gasteiger partial charge in [-0.2, -0.15) is 0 Å². The molecule has 0 fully saturated rings. The monoisotopic (exact) mass is 277 g/mol. The molecular formula is C13H9BrFN. The molecule has 0 heterocycles. The van der Waals surface area contributed by atoms with Crippen molar-refractivity contribution in [3.63, 3.8) is 0 Å². The average molecular weight is 278 g/mol. The second-order valence-electron chi connectivity index (χ2n) is 3.94. The lowest BCUT2D eigenvalue weighted by atomic mass is 10.1. The minimum atomic E-state index is -0.205. The van der Waals surface area contributed by atoms with Gasteiger partial charge in [-0.1, -0.05) is 28.1 Å². The van der Waals surface area contributed by atoms with Crippen molar-refractivity contribution in [3.05, 3.63) is 53.3 Å². The van der Waals surface area contributed by atoms with Crippen LogP contribution in [0.1, 0.15) is 16.0 Å². The first-order valence-corrected chi connectivity index (χ1v) is 5.91. The molecule has 2 aromatic carbocycles.